The van der Waals surface area contributed by atoms with Crippen molar-refractivity contribution >= 4 is 22.0 Å². The summed E-state index contributed by atoms with van der Waals surface area (Å²) < 4.78 is 21.2. The molecule has 1 aliphatic carbocycles. The summed E-state index contributed by atoms with van der Waals surface area (Å²) >= 11 is 0. The molecule has 1 rings (SSSR count). The molecule has 0 spiro atoms. The van der Waals surface area contributed by atoms with E-state index in [4.69, 9.17) is 10.2 Å². The number of nitrogens with one attached hydrogen (secondary N) is 2. The number of primary sulfonamides is 1. The quantitative estimate of drug-likeness (QED) is 0.458. The van der Waals surface area contributed by atoms with Crippen molar-refractivity contribution in [1.29, 1.82) is 0 Å². The van der Waals surface area contributed by atoms with Crippen LogP contribution in [0, 0.1) is 5.92 Å². The zero-order valence-corrected chi connectivity index (χ0v) is 10.3. The molecule has 0 fully saturated rings. The van der Waals surface area contributed by atoms with Crippen LogP contribution < -0.4 is 15.8 Å². The highest BCUT2D eigenvalue weighted by atomic mass is 32.2. The third-order valence-electron chi connectivity index (χ3n) is 2.39. The lowest BCUT2D eigenvalue weighted by Crippen LogP contribution is -2.43. The number of rotatable bonds is 5. The Hall–Kier alpha value is -1.61. The van der Waals surface area contributed by atoms with E-state index in [0.717, 1.165) is 0 Å². The summed E-state index contributed by atoms with van der Waals surface area (Å²) in [6.07, 6.45) is 3.40. The molecule has 0 aromatic rings. The second-order valence-corrected chi connectivity index (χ2v) is 5.67. The van der Waals surface area contributed by atoms with E-state index in [1.807, 2.05) is 0 Å². The predicted octanol–water partition coefficient (Wildman–Crippen LogP) is -1.40. The Morgan fingerprint density at radius 1 is 1.39 bits per heavy atom. The number of carbonyl (C=O) groups is 2. The van der Waals surface area contributed by atoms with Crippen LogP contribution in [0.2, 0.25) is 0 Å². The Kier molecular flexibility index (Phi) is 4.68. The standard InChI is InChI=1S/C9H15N3O5S/c10-18(16,17)4-3-11-9(15)12-7-2-1-6(5-7)8(13)14/h1-2,6-7H,3-5H2,(H,13,14)(H2,10,16,17)(H2,11,12,15). The van der Waals surface area contributed by atoms with E-state index >= 15 is 0 Å². The van der Waals surface area contributed by atoms with E-state index in [1.54, 1.807) is 6.08 Å². The van der Waals surface area contributed by atoms with Gasteiger partial charge in [0.05, 0.1) is 17.7 Å². The number of carbonyl (C=O) groups excluding carboxylic acids is 1. The predicted molar refractivity (Wildman–Crippen MR) is 63.2 cm³/mol. The number of carboxylic acids is 1. The van der Waals surface area contributed by atoms with Crippen molar-refractivity contribution in [3.63, 3.8) is 0 Å². The molecular formula is C9H15N3O5S. The Labute approximate surface area is 104 Å². The van der Waals surface area contributed by atoms with Gasteiger partial charge in [0.1, 0.15) is 0 Å². The monoisotopic (exact) mass is 277 g/mol. The molecule has 8 nitrogen and oxygen atoms in total. The number of sulfonamides is 1. The van der Waals surface area contributed by atoms with Crippen LogP contribution in [0.25, 0.3) is 0 Å². The van der Waals surface area contributed by atoms with Crippen LogP contribution in [0.4, 0.5) is 4.79 Å². The smallest absolute Gasteiger partial charge is 0.315 e. The number of amides is 2. The van der Waals surface area contributed by atoms with Gasteiger partial charge in [0.2, 0.25) is 10.0 Å². The molecule has 9 heteroatoms. The summed E-state index contributed by atoms with van der Waals surface area (Å²) in [7, 11) is -3.60. The van der Waals surface area contributed by atoms with Gasteiger partial charge >= 0.3 is 12.0 Å². The van der Waals surface area contributed by atoms with Crippen molar-refractivity contribution in [2.24, 2.45) is 11.1 Å². The van der Waals surface area contributed by atoms with E-state index in [2.05, 4.69) is 10.6 Å². The Morgan fingerprint density at radius 3 is 2.56 bits per heavy atom. The first-order valence-electron chi connectivity index (χ1n) is 5.24. The lowest BCUT2D eigenvalue weighted by atomic mass is 10.1. The molecule has 0 bridgehead atoms. The number of nitrogens with two attached hydrogens (primary N) is 1. The second-order valence-electron chi connectivity index (χ2n) is 3.94. The maximum Gasteiger partial charge on any atom is 0.315 e. The molecule has 2 atom stereocenters. The molecule has 5 N–H and O–H groups in total. The van der Waals surface area contributed by atoms with Gasteiger partial charge in [0, 0.05) is 6.54 Å². The van der Waals surface area contributed by atoms with Crippen molar-refractivity contribution < 1.29 is 23.1 Å². The summed E-state index contributed by atoms with van der Waals surface area (Å²) in [6, 6.07) is -0.917. The second kappa shape index (κ2) is 5.83. The third kappa shape index (κ3) is 5.15. The van der Waals surface area contributed by atoms with Gasteiger partial charge in [0.15, 0.2) is 0 Å². The number of hydrogen-bond donors (Lipinski definition) is 4. The molecule has 0 aliphatic heterocycles. The molecule has 0 saturated heterocycles. The zero-order chi connectivity index (χ0) is 13.8. The van der Waals surface area contributed by atoms with Crippen LogP contribution in [0.5, 0.6) is 0 Å². The lowest BCUT2D eigenvalue weighted by Gasteiger charge is -2.12. The van der Waals surface area contributed by atoms with Gasteiger partial charge in [-0.05, 0) is 6.42 Å². The zero-order valence-electron chi connectivity index (χ0n) is 9.50. The van der Waals surface area contributed by atoms with Gasteiger partial charge in [-0.1, -0.05) is 12.2 Å². The Morgan fingerprint density at radius 2 is 2.06 bits per heavy atom. The third-order valence-corrected chi connectivity index (χ3v) is 3.16. The average molecular weight is 277 g/mol. The number of hydrogen-bond acceptors (Lipinski definition) is 4. The van der Waals surface area contributed by atoms with Crippen molar-refractivity contribution in [1.82, 2.24) is 10.6 Å². The minimum Gasteiger partial charge on any atom is -0.481 e. The highest BCUT2D eigenvalue weighted by Crippen LogP contribution is 2.17. The van der Waals surface area contributed by atoms with E-state index in [9.17, 15) is 18.0 Å². The van der Waals surface area contributed by atoms with Crippen LogP contribution in [-0.4, -0.2) is 43.9 Å². The van der Waals surface area contributed by atoms with Crippen LogP contribution in [0.15, 0.2) is 12.2 Å². The minimum atomic E-state index is -3.60. The molecule has 2 unspecified atom stereocenters. The molecule has 18 heavy (non-hydrogen) atoms. The van der Waals surface area contributed by atoms with E-state index in [0.29, 0.717) is 0 Å². The summed E-state index contributed by atoms with van der Waals surface area (Å²) in [6.45, 7) is -0.0938. The normalized spacial score (nSPS) is 22.7. The lowest BCUT2D eigenvalue weighted by molar-refractivity contribution is -0.140. The van der Waals surface area contributed by atoms with E-state index in [1.165, 1.54) is 6.08 Å². The van der Waals surface area contributed by atoms with Crippen LogP contribution in [0.3, 0.4) is 0 Å². The fourth-order valence-corrected chi connectivity index (χ4v) is 1.90. The molecule has 0 aromatic heterocycles. The van der Waals surface area contributed by atoms with Gasteiger partial charge in [-0.2, -0.15) is 0 Å². The van der Waals surface area contributed by atoms with Gasteiger partial charge in [-0.15, -0.1) is 0 Å². The summed E-state index contributed by atoms with van der Waals surface area (Å²) in [5.41, 5.74) is 0. The minimum absolute atomic E-state index is 0.0938. The maximum atomic E-state index is 11.3. The van der Waals surface area contributed by atoms with Crippen molar-refractivity contribution in [3.8, 4) is 0 Å². The van der Waals surface area contributed by atoms with Gasteiger partial charge in [-0.3, -0.25) is 4.79 Å². The van der Waals surface area contributed by atoms with Crippen molar-refractivity contribution in [2.75, 3.05) is 12.3 Å². The molecular weight excluding hydrogens is 262 g/mol. The number of urea groups is 1. The van der Waals surface area contributed by atoms with E-state index in [-0.39, 0.29) is 24.8 Å². The van der Waals surface area contributed by atoms with Gasteiger partial charge in [-0.25, -0.2) is 18.4 Å². The van der Waals surface area contributed by atoms with Crippen LogP contribution in [0.1, 0.15) is 6.42 Å². The fraction of sp³-hybridized carbons (Fsp3) is 0.556. The summed E-state index contributed by atoms with van der Waals surface area (Å²) in [5.74, 6) is -1.89. The first-order valence-corrected chi connectivity index (χ1v) is 6.95. The Bertz CT molecular complexity index is 459. The largest absolute Gasteiger partial charge is 0.481 e. The summed E-state index contributed by atoms with van der Waals surface area (Å²) in [5, 5.41) is 18.3. The highest BCUT2D eigenvalue weighted by Gasteiger charge is 2.25. The molecule has 0 aromatic carbocycles. The number of aliphatic carboxylic acids is 1. The SMILES string of the molecule is NS(=O)(=O)CCNC(=O)NC1C=CC(C(=O)O)C1. The van der Waals surface area contributed by atoms with E-state index < -0.39 is 27.9 Å². The molecule has 2 amide bonds. The first kappa shape index (κ1) is 14.5. The van der Waals surface area contributed by atoms with Crippen LogP contribution >= 0.6 is 0 Å². The first-order chi connectivity index (χ1) is 8.28. The fourth-order valence-electron chi connectivity index (χ4n) is 1.52. The molecule has 1 aliphatic rings. The average Bonchev–Trinajstić information content (AvgIpc) is 2.64. The molecule has 102 valence electrons. The highest BCUT2D eigenvalue weighted by molar-refractivity contribution is 7.89. The molecule has 0 heterocycles. The topological polar surface area (TPSA) is 139 Å². The molecule has 0 saturated carbocycles. The van der Waals surface area contributed by atoms with Gasteiger partial charge < -0.3 is 15.7 Å². The maximum absolute atomic E-state index is 11.3. The van der Waals surface area contributed by atoms with Crippen molar-refractivity contribution in [3.05, 3.63) is 12.2 Å². The van der Waals surface area contributed by atoms with Gasteiger partial charge in [0.25, 0.3) is 0 Å². The summed E-state index contributed by atoms with van der Waals surface area (Å²) in [4.78, 5) is 22.0. The van der Waals surface area contributed by atoms with Crippen molar-refractivity contribution in [2.45, 2.75) is 12.5 Å². The molecule has 0 radical (unpaired) electrons. The number of carboxylic acid groups (broad SMARTS) is 1. The van der Waals surface area contributed by atoms with Crippen LogP contribution in [-0.2, 0) is 14.8 Å². The Balaban J connectivity index is 2.26.